The molecule has 0 atom stereocenters. The van der Waals surface area contributed by atoms with Gasteiger partial charge in [-0.1, -0.05) is 39.0 Å². The second kappa shape index (κ2) is 6.32. The molecule has 0 bridgehead atoms. The second-order valence-corrected chi connectivity index (χ2v) is 7.65. The van der Waals surface area contributed by atoms with E-state index in [4.69, 9.17) is 4.74 Å². The van der Waals surface area contributed by atoms with Crippen molar-refractivity contribution in [3.05, 3.63) is 28.2 Å². The highest BCUT2D eigenvalue weighted by Crippen LogP contribution is 2.34. The standard InChI is InChI=1S/C13H14BrN3OS2/c1-18-11-5-2-9(14)6-8(11)7-19-13-17-16-12(20-13)15-10-3-4-10/h2,5-6,10H,3-4,7H2,1H3,(H,15,16). The third kappa shape index (κ3) is 3.65. The minimum atomic E-state index is 0.617. The number of nitrogens with zero attached hydrogens (tertiary/aromatic N) is 2. The third-order valence-corrected chi connectivity index (χ3v) is 5.43. The minimum absolute atomic E-state index is 0.617. The lowest BCUT2D eigenvalue weighted by molar-refractivity contribution is 0.411. The van der Waals surface area contributed by atoms with Gasteiger partial charge >= 0.3 is 0 Å². The average molecular weight is 372 g/mol. The van der Waals surface area contributed by atoms with Gasteiger partial charge < -0.3 is 10.1 Å². The number of ether oxygens (including phenoxy) is 1. The SMILES string of the molecule is COc1ccc(Br)cc1CSc1nnc(NC2CC2)s1. The topological polar surface area (TPSA) is 47.0 Å². The summed E-state index contributed by atoms with van der Waals surface area (Å²) < 4.78 is 7.41. The number of benzene rings is 1. The first kappa shape index (κ1) is 14.2. The molecule has 0 saturated heterocycles. The fourth-order valence-electron chi connectivity index (χ4n) is 1.73. The van der Waals surface area contributed by atoms with Crippen LogP contribution in [-0.4, -0.2) is 23.3 Å². The fraction of sp³-hybridized carbons (Fsp3) is 0.385. The summed E-state index contributed by atoms with van der Waals surface area (Å²) in [6.07, 6.45) is 2.49. The van der Waals surface area contributed by atoms with Gasteiger partial charge in [0.1, 0.15) is 5.75 Å². The van der Waals surface area contributed by atoms with E-state index >= 15 is 0 Å². The van der Waals surface area contributed by atoms with Crippen LogP contribution in [0.25, 0.3) is 0 Å². The number of methoxy groups -OCH3 is 1. The Bertz CT molecular complexity index is 601. The molecule has 1 heterocycles. The van der Waals surface area contributed by atoms with E-state index in [2.05, 4.69) is 37.5 Å². The van der Waals surface area contributed by atoms with E-state index in [0.29, 0.717) is 6.04 Å². The first-order valence-corrected chi connectivity index (χ1v) is 8.89. The summed E-state index contributed by atoms with van der Waals surface area (Å²) in [5.41, 5.74) is 1.15. The van der Waals surface area contributed by atoms with Crippen molar-refractivity contribution < 1.29 is 4.74 Å². The van der Waals surface area contributed by atoms with Crippen molar-refractivity contribution in [2.24, 2.45) is 0 Å². The van der Waals surface area contributed by atoms with Crippen LogP contribution in [0.5, 0.6) is 5.75 Å². The monoisotopic (exact) mass is 371 g/mol. The molecule has 1 aromatic heterocycles. The maximum atomic E-state index is 5.38. The summed E-state index contributed by atoms with van der Waals surface area (Å²) in [4.78, 5) is 0. The molecule has 0 amide bonds. The Morgan fingerprint density at radius 2 is 2.30 bits per heavy atom. The lowest BCUT2D eigenvalue weighted by Gasteiger charge is -2.07. The van der Waals surface area contributed by atoms with E-state index in [-0.39, 0.29) is 0 Å². The molecular formula is C13H14BrN3OS2. The average Bonchev–Trinajstić information content (AvgIpc) is 3.14. The Morgan fingerprint density at radius 1 is 1.45 bits per heavy atom. The van der Waals surface area contributed by atoms with Crippen LogP contribution in [0.15, 0.2) is 27.0 Å². The lowest BCUT2D eigenvalue weighted by atomic mass is 10.2. The third-order valence-electron chi connectivity index (χ3n) is 2.91. The summed E-state index contributed by atoms with van der Waals surface area (Å²) in [5.74, 6) is 1.72. The van der Waals surface area contributed by atoms with Crippen LogP contribution in [0.1, 0.15) is 18.4 Å². The number of aromatic nitrogens is 2. The Kier molecular flexibility index (Phi) is 4.48. The van der Waals surface area contributed by atoms with Gasteiger partial charge in [0.05, 0.1) is 7.11 Å². The molecule has 106 valence electrons. The predicted molar refractivity (Wildman–Crippen MR) is 86.8 cm³/mol. The second-order valence-electron chi connectivity index (χ2n) is 4.54. The Hall–Kier alpha value is -0.790. The van der Waals surface area contributed by atoms with Gasteiger partial charge in [-0.05, 0) is 31.0 Å². The molecular weight excluding hydrogens is 358 g/mol. The highest BCUT2D eigenvalue weighted by atomic mass is 79.9. The molecule has 1 aliphatic carbocycles. The van der Waals surface area contributed by atoms with Crippen LogP contribution in [0.3, 0.4) is 0 Å². The molecule has 1 N–H and O–H groups in total. The van der Waals surface area contributed by atoms with E-state index in [1.54, 1.807) is 30.2 Å². The first-order chi connectivity index (χ1) is 9.74. The van der Waals surface area contributed by atoms with E-state index in [1.165, 1.54) is 12.8 Å². The molecule has 1 aliphatic rings. The van der Waals surface area contributed by atoms with Crippen molar-refractivity contribution in [1.29, 1.82) is 0 Å². The van der Waals surface area contributed by atoms with Crippen molar-refractivity contribution in [3.8, 4) is 5.75 Å². The predicted octanol–water partition coefficient (Wildman–Crippen LogP) is 4.18. The van der Waals surface area contributed by atoms with E-state index in [1.807, 2.05) is 12.1 Å². The molecule has 0 radical (unpaired) electrons. The Labute approximate surface area is 134 Å². The maximum Gasteiger partial charge on any atom is 0.206 e. The summed E-state index contributed by atoms with van der Waals surface area (Å²) in [5, 5.41) is 12.7. The number of thioether (sulfide) groups is 1. The van der Waals surface area contributed by atoms with Gasteiger partial charge in [0, 0.05) is 21.8 Å². The van der Waals surface area contributed by atoms with Crippen LogP contribution in [0.2, 0.25) is 0 Å². The molecule has 2 aromatic rings. The van der Waals surface area contributed by atoms with Gasteiger partial charge in [-0.25, -0.2) is 0 Å². The van der Waals surface area contributed by atoms with Gasteiger partial charge in [0.2, 0.25) is 5.13 Å². The fourth-order valence-corrected chi connectivity index (χ4v) is 3.94. The van der Waals surface area contributed by atoms with Crippen LogP contribution in [0.4, 0.5) is 5.13 Å². The molecule has 20 heavy (non-hydrogen) atoms. The summed E-state index contributed by atoms with van der Waals surface area (Å²) in [6.45, 7) is 0. The quantitative estimate of drug-likeness (QED) is 0.771. The number of rotatable bonds is 6. The van der Waals surface area contributed by atoms with Gasteiger partial charge in [0.15, 0.2) is 4.34 Å². The normalized spacial score (nSPS) is 14.3. The van der Waals surface area contributed by atoms with Crippen molar-refractivity contribution in [2.75, 3.05) is 12.4 Å². The highest BCUT2D eigenvalue weighted by molar-refractivity contribution is 9.10. The van der Waals surface area contributed by atoms with Crippen LogP contribution in [-0.2, 0) is 5.75 Å². The smallest absolute Gasteiger partial charge is 0.206 e. The molecule has 0 spiro atoms. The van der Waals surface area contributed by atoms with Crippen LogP contribution >= 0.6 is 39.0 Å². The number of halogens is 1. The molecule has 0 aliphatic heterocycles. The minimum Gasteiger partial charge on any atom is -0.496 e. The molecule has 3 rings (SSSR count). The van der Waals surface area contributed by atoms with E-state index in [0.717, 1.165) is 31.0 Å². The van der Waals surface area contributed by atoms with Gasteiger partial charge in [-0.3, -0.25) is 0 Å². The Morgan fingerprint density at radius 3 is 3.05 bits per heavy atom. The molecule has 4 nitrogen and oxygen atoms in total. The van der Waals surface area contributed by atoms with Crippen molar-refractivity contribution in [3.63, 3.8) is 0 Å². The number of hydrogen-bond acceptors (Lipinski definition) is 6. The maximum absolute atomic E-state index is 5.38. The number of hydrogen-bond donors (Lipinski definition) is 1. The van der Waals surface area contributed by atoms with Gasteiger partial charge in [-0.2, -0.15) is 0 Å². The zero-order valence-corrected chi connectivity index (χ0v) is 14.1. The highest BCUT2D eigenvalue weighted by Gasteiger charge is 2.22. The van der Waals surface area contributed by atoms with Crippen LogP contribution < -0.4 is 10.1 Å². The number of nitrogens with one attached hydrogen (secondary N) is 1. The molecule has 1 saturated carbocycles. The van der Waals surface area contributed by atoms with Gasteiger partial charge in [0.25, 0.3) is 0 Å². The van der Waals surface area contributed by atoms with E-state index in [9.17, 15) is 0 Å². The van der Waals surface area contributed by atoms with Gasteiger partial charge in [-0.15, -0.1) is 10.2 Å². The largest absolute Gasteiger partial charge is 0.496 e. The van der Waals surface area contributed by atoms with E-state index < -0.39 is 0 Å². The molecule has 7 heteroatoms. The molecule has 1 aromatic carbocycles. The number of anilines is 1. The zero-order valence-electron chi connectivity index (χ0n) is 10.9. The Balaban J connectivity index is 1.63. The summed E-state index contributed by atoms with van der Waals surface area (Å²) in [6, 6.07) is 6.65. The van der Waals surface area contributed by atoms with Crippen LogP contribution in [0, 0.1) is 0 Å². The first-order valence-electron chi connectivity index (χ1n) is 6.30. The van der Waals surface area contributed by atoms with Crippen molar-refractivity contribution in [2.45, 2.75) is 29.0 Å². The lowest BCUT2D eigenvalue weighted by Crippen LogP contribution is -1.99. The zero-order chi connectivity index (χ0) is 13.9. The van der Waals surface area contributed by atoms with Crippen molar-refractivity contribution in [1.82, 2.24) is 10.2 Å². The molecule has 1 fully saturated rings. The van der Waals surface area contributed by atoms with Crippen molar-refractivity contribution >= 4 is 44.2 Å². The molecule has 0 unspecified atom stereocenters. The summed E-state index contributed by atoms with van der Waals surface area (Å²) >= 11 is 6.79. The summed E-state index contributed by atoms with van der Waals surface area (Å²) in [7, 11) is 1.69.